The van der Waals surface area contributed by atoms with Gasteiger partial charge >= 0.3 is 0 Å². The van der Waals surface area contributed by atoms with Crippen LogP contribution in [0.3, 0.4) is 0 Å². The van der Waals surface area contributed by atoms with E-state index in [1.165, 1.54) is 31.5 Å². The lowest BCUT2D eigenvalue weighted by molar-refractivity contribution is -0.401. The van der Waals surface area contributed by atoms with Crippen molar-refractivity contribution in [3.05, 3.63) is 53.0 Å². The molecule has 6 nitrogen and oxygen atoms in total. The van der Waals surface area contributed by atoms with Crippen molar-refractivity contribution < 1.29 is 4.92 Å². The van der Waals surface area contributed by atoms with Gasteiger partial charge in [-0.2, -0.15) is 0 Å². The lowest BCUT2D eigenvalue weighted by Crippen LogP contribution is -2.34. The quantitative estimate of drug-likeness (QED) is 0.649. The maximum atomic E-state index is 9.06. The van der Waals surface area contributed by atoms with E-state index in [0.29, 0.717) is 6.20 Å². The van der Waals surface area contributed by atoms with Crippen LogP contribution in [0, 0.1) is 10.1 Å². The highest BCUT2D eigenvalue weighted by atomic mass is 16.6. The molecule has 6 heteroatoms. The van der Waals surface area contributed by atoms with Gasteiger partial charge in [-0.25, -0.2) is 5.01 Å². The van der Waals surface area contributed by atoms with Crippen LogP contribution in [0.25, 0.3) is 0 Å². The van der Waals surface area contributed by atoms with E-state index in [2.05, 4.69) is 28.1 Å². The predicted molar refractivity (Wildman–Crippen MR) is 69.1 cm³/mol. The Balaban J connectivity index is 0.000000280. The van der Waals surface area contributed by atoms with E-state index in [4.69, 9.17) is 10.1 Å². The lowest BCUT2D eigenvalue weighted by atomic mass is 10.3. The van der Waals surface area contributed by atoms with E-state index in [0.717, 1.165) is 6.54 Å². The first-order chi connectivity index (χ1) is 8.72. The second-order valence-corrected chi connectivity index (χ2v) is 3.86. The first-order valence-electron chi connectivity index (χ1n) is 5.86. The van der Waals surface area contributed by atoms with Crippen LogP contribution in [0.1, 0.15) is 18.4 Å². The number of rotatable bonds is 4. The number of hydrazine groups is 1. The molecular formula is C12H18N4O2. The van der Waals surface area contributed by atoms with Crippen LogP contribution in [0.5, 0.6) is 0 Å². The van der Waals surface area contributed by atoms with Crippen molar-refractivity contribution in [1.82, 2.24) is 15.4 Å². The maximum Gasteiger partial charge on any atom is 0.227 e. The number of nitrogens with one attached hydrogen (secondary N) is 1. The van der Waals surface area contributed by atoms with Crippen molar-refractivity contribution in [3.63, 3.8) is 0 Å². The Morgan fingerprint density at radius 2 is 2.22 bits per heavy atom. The largest absolute Gasteiger partial charge is 0.264 e. The van der Waals surface area contributed by atoms with Crippen LogP contribution in [-0.2, 0) is 6.54 Å². The Hall–Kier alpha value is -1.79. The molecule has 18 heavy (non-hydrogen) atoms. The molecule has 2 heterocycles. The molecule has 0 aromatic carbocycles. The van der Waals surface area contributed by atoms with Gasteiger partial charge in [-0.05, 0) is 31.1 Å². The van der Waals surface area contributed by atoms with Gasteiger partial charge in [-0.3, -0.25) is 20.5 Å². The minimum Gasteiger partial charge on any atom is -0.264 e. The molecule has 1 aromatic rings. The first-order valence-corrected chi connectivity index (χ1v) is 5.86. The summed E-state index contributed by atoms with van der Waals surface area (Å²) in [5.41, 5.74) is 4.64. The molecule has 0 bridgehead atoms. The van der Waals surface area contributed by atoms with Crippen LogP contribution in [0.2, 0.25) is 0 Å². The summed E-state index contributed by atoms with van der Waals surface area (Å²) >= 11 is 0. The molecule has 0 saturated carbocycles. The Bertz CT molecular complexity index is 364. The van der Waals surface area contributed by atoms with Crippen LogP contribution in [0.15, 0.2) is 37.3 Å². The average Bonchev–Trinajstić information content (AvgIpc) is 2.91. The van der Waals surface area contributed by atoms with Gasteiger partial charge in [0.25, 0.3) is 0 Å². The normalized spacial score (nSPS) is 14.7. The number of nitro groups is 1. The fourth-order valence-corrected chi connectivity index (χ4v) is 1.58. The number of hydrogen-bond donors (Lipinski definition) is 1. The molecule has 0 unspecified atom stereocenters. The number of nitrogens with zero attached hydrogens (tertiary/aromatic N) is 3. The van der Waals surface area contributed by atoms with Crippen molar-refractivity contribution in [2.24, 2.45) is 0 Å². The molecule has 1 aliphatic rings. The van der Waals surface area contributed by atoms with Gasteiger partial charge in [0.05, 0.1) is 4.92 Å². The zero-order chi connectivity index (χ0) is 13.2. The van der Waals surface area contributed by atoms with E-state index >= 15 is 0 Å². The SMILES string of the molecule is C=C[N+](=O)[O-].c1cncc(CNN2CCCC2)c1. The van der Waals surface area contributed by atoms with Crippen molar-refractivity contribution in [2.75, 3.05) is 13.1 Å². The Morgan fingerprint density at radius 3 is 2.72 bits per heavy atom. The van der Waals surface area contributed by atoms with Gasteiger partial charge < -0.3 is 0 Å². The van der Waals surface area contributed by atoms with E-state index in [-0.39, 0.29) is 0 Å². The smallest absolute Gasteiger partial charge is 0.227 e. The fraction of sp³-hybridized carbons (Fsp3) is 0.417. The third kappa shape index (κ3) is 6.07. The summed E-state index contributed by atoms with van der Waals surface area (Å²) in [5.74, 6) is 0. The number of aromatic nitrogens is 1. The van der Waals surface area contributed by atoms with Gasteiger partial charge in [0, 0.05) is 32.0 Å². The highest BCUT2D eigenvalue weighted by Crippen LogP contribution is 2.04. The van der Waals surface area contributed by atoms with E-state index in [1.54, 1.807) is 6.20 Å². The first kappa shape index (κ1) is 14.3. The summed E-state index contributed by atoms with van der Waals surface area (Å²) in [4.78, 5) is 12.5. The Labute approximate surface area is 106 Å². The molecule has 0 aliphatic carbocycles. The molecule has 1 aliphatic heterocycles. The fourth-order valence-electron chi connectivity index (χ4n) is 1.58. The van der Waals surface area contributed by atoms with Crippen molar-refractivity contribution in [1.29, 1.82) is 0 Å². The summed E-state index contributed by atoms with van der Waals surface area (Å²) in [7, 11) is 0. The topological polar surface area (TPSA) is 71.3 Å². The van der Waals surface area contributed by atoms with Gasteiger partial charge in [0.2, 0.25) is 6.20 Å². The van der Waals surface area contributed by atoms with Gasteiger partial charge in [0.1, 0.15) is 0 Å². The third-order valence-corrected chi connectivity index (χ3v) is 2.48. The van der Waals surface area contributed by atoms with Crippen molar-refractivity contribution >= 4 is 0 Å². The molecule has 0 amide bonds. The average molecular weight is 250 g/mol. The molecule has 0 radical (unpaired) electrons. The van der Waals surface area contributed by atoms with Gasteiger partial charge in [-0.1, -0.05) is 6.07 Å². The minimum absolute atomic E-state index is 0.611. The summed E-state index contributed by atoms with van der Waals surface area (Å²) in [6.45, 7) is 6.12. The van der Waals surface area contributed by atoms with Crippen LogP contribution in [-0.4, -0.2) is 28.0 Å². The molecular weight excluding hydrogens is 232 g/mol. The number of pyridine rings is 1. The summed E-state index contributed by atoms with van der Waals surface area (Å²) in [6.07, 6.45) is 6.99. The third-order valence-electron chi connectivity index (χ3n) is 2.48. The van der Waals surface area contributed by atoms with Crippen molar-refractivity contribution in [3.8, 4) is 0 Å². The van der Waals surface area contributed by atoms with Crippen LogP contribution >= 0.6 is 0 Å². The number of hydrogen-bond acceptors (Lipinski definition) is 5. The second-order valence-electron chi connectivity index (χ2n) is 3.86. The molecule has 1 saturated heterocycles. The minimum atomic E-state index is -0.611. The highest BCUT2D eigenvalue weighted by molar-refractivity contribution is 5.07. The van der Waals surface area contributed by atoms with E-state index < -0.39 is 4.92 Å². The molecule has 1 fully saturated rings. The molecule has 98 valence electrons. The standard InChI is InChI=1S/C10H15N3.C2H3NO2/c1-2-7-13(6-1)12-9-10-4-3-5-11-8-10;1-2-3(4)5/h3-5,8,12H,1-2,6-7,9H2;2H,1H2. The Morgan fingerprint density at radius 1 is 1.56 bits per heavy atom. The molecule has 1 N–H and O–H groups in total. The zero-order valence-electron chi connectivity index (χ0n) is 10.3. The molecule has 0 spiro atoms. The second kappa shape index (κ2) is 8.32. The van der Waals surface area contributed by atoms with Crippen LogP contribution in [0.4, 0.5) is 0 Å². The summed E-state index contributed by atoms with van der Waals surface area (Å²) in [6, 6.07) is 4.07. The summed E-state index contributed by atoms with van der Waals surface area (Å²) in [5, 5.41) is 11.3. The molecule has 2 rings (SSSR count). The molecule has 0 atom stereocenters. The summed E-state index contributed by atoms with van der Waals surface area (Å²) < 4.78 is 0. The lowest BCUT2D eigenvalue weighted by Gasteiger charge is -2.15. The monoisotopic (exact) mass is 250 g/mol. The van der Waals surface area contributed by atoms with Gasteiger partial charge in [0.15, 0.2) is 0 Å². The van der Waals surface area contributed by atoms with Crippen molar-refractivity contribution in [2.45, 2.75) is 19.4 Å². The maximum absolute atomic E-state index is 9.06. The van der Waals surface area contributed by atoms with Crippen LogP contribution < -0.4 is 5.43 Å². The molecule has 1 aromatic heterocycles. The highest BCUT2D eigenvalue weighted by Gasteiger charge is 2.09. The predicted octanol–water partition coefficient (Wildman–Crippen LogP) is 1.59. The zero-order valence-corrected chi connectivity index (χ0v) is 10.3. The Kier molecular flexibility index (Phi) is 6.60. The van der Waals surface area contributed by atoms with E-state index in [9.17, 15) is 0 Å². The van der Waals surface area contributed by atoms with E-state index in [1.807, 2.05) is 12.3 Å². The van der Waals surface area contributed by atoms with Gasteiger partial charge in [-0.15, -0.1) is 0 Å².